The predicted molar refractivity (Wildman–Crippen MR) is 79.6 cm³/mol. The van der Waals surface area contributed by atoms with Gasteiger partial charge in [-0.15, -0.1) is 0 Å². The van der Waals surface area contributed by atoms with E-state index in [4.69, 9.17) is 0 Å². The van der Waals surface area contributed by atoms with Gasteiger partial charge in [0.05, 0.1) is 12.3 Å². The fourth-order valence-electron chi connectivity index (χ4n) is 2.20. The number of nitrogens with zero attached hydrogens (tertiary/aromatic N) is 2. The number of halogens is 1. The topological polar surface area (TPSA) is 38.0 Å². The van der Waals surface area contributed by atoms with E-state index in [1.807, 2.05) is 30.3 Å². The summed E-state index contributed by atoms with van der Waals surface area (Å²) < 4.78 is 15.6. The maximum atomic E-state index is 14.1. The summed E-state index contributed by atoms with van der Waals surface area (Å²) >= 11 is 0. The molecule has 2 aromatic carbocycles. The van der Waals surface area contributed by atoms with Crippen LogP contribution in [0.1, 0.15) is 18.6 Å². The highest BCUT2D eigenvalue weighted by Crippen LogP contribution is 2.22. The summed E-state index contributed by atoms with van der Waals surface area (Å²) in [4.78, 5) is 0. The molecule has 0 aliphatic heterocycles. The predicted octanol–water partition coefficient (Wildman–Crippen LogP) is 3.73. The van der Waals surface area contributed by atoms with E-state index in [0.29, 0.717) is 11.3 Å². The van der Waals surface area contributed by atoms with Crippen molar-refractivity contribution in [2.24, 2.45) is 0 Å². The summed E-state index contributed by atoms with van der Waals surface area (Å²) in [6.07, 6.45) is 2.80. The Hall–Kier alpha value is -2.46. The largest absolute Gasteiger partial charge is 0.389 e. The standard InChI is InChI=1S/C17H15FN2O/c1-12(21)14-7-8-17(16(18)9-14)20-11-15(10-19-20)13-5-3-2-4-6-13/h2-12,21H,1H3/t12-/m1/s1. The number of hydrogen-bond acceptors (Lipinski definition) is 2. The molecule has 0 radical (unpaired) electrons. The van der Waals surface area contributed by atoms with Crippen LogP contribution in [0.25, 0.3) is 16.8 Å². The Morgan fingerprint density at radius 1 is 1.10 bits per heavy atom. The second kappa shape index (κ2) is 5.50. The van der Waals surface area contributed by atoms with Crippen LogP contribution in [0.4, 0.5) is 4.39 Å². The molecular formula is C17H15FN2O. The monoisotopic (exact) mass is 282 g/mol. The molecule has 0 aliphatic rings. The third kappa shape index (κ3) is 2.71. The number of aromatic nitrogens is 2. The molecule has 0 bridgehead atoms. The number of hydrogen-bond donors (Lipinski definition) is 1. The van der Waals surface area contributed by atoms with Gasteiger partial charge in [0.15, 0.2) is 0 Å². The van der Waals surface area contributed by atoms with Gasteiger partial charge in [0.1, 0.15) is 11.5 Å². The molecule has 0 saturated heterocycles. The van der Waals surface area contributed by atoms with Crippen molar-refractivity contribution in [1.82, 2.24) is 9.78 Å². The Morgan fingerprint density at radius 2 is 1.86 bits per heavy atom. The summed E-state index contributed by atoms with van der Waals surface area (Å²) in [6, 6.07) is 14.5. The van der Waals surface area contributed by atoms with Crippen LogP contribution in [-0.4, -0.2) is 14.9 Å². The van der Waals surface area contributed by atoms with Gasteiger partial charge in [0, 0.05) is 11.8 Å². The summed E-state index contributed by atoms with van der Waals surface area (Å²) in [5.41, 5.74) is 2.87. The number of aliphatic hydroxyl groups excluding tert-OH is 1. The second-order valence-electron chi connectivity index (χ2n) is 4.93. The highest BCUT2D eigenvalue weighted by Gasteiger charge is 2.10. The van der Waals surface area contributed by atoms with Gasteiger partial charge in [-0.2, -0.15) is 5.10 Å². The molecule has 1 aromatic heterocycles. The van der Waals surface area contributed by atoms with Crippen molar-refractivity contribution in [2.75, 3.05) is 0 Å². The van der Waals surface area contributed by atoms with Gasteiger partial charge < -0.3 is 5.11 Å². The lowest BCUT2D eigenvalue weighted by Gasteiger charge is -2.08. The second-order valence-corrected chi connectivity index (χ2v) is 4.93. The molecule has 3 nitrogen and oxygen atoms in total. The van der Waals surface area contributed by atoms with Crippen LogP contribution in [0.5, 0.6) is 0 Å². The molecule has 0 fully saturated rings. The minimum absolute atomic E-state index is 0.363. The number of benzene rings is 2. The third-order valence-corrected chi connectivity index (χ3v) is 3.39. The van der Waals surface area contributed by atoms with E-state index < -0.39 is 11.9 Å². The molecule has 0 aliphatic carbocycles. The molecule has 0 spiro atoms. The smallest absolute Gasteiger partial charge is 0.149 e. The van der Waals surface area contributed by atoms with Crippen molar-refractivity contribution < 1.29 is 9.50 Å². The minimum atomic E-state index is -0.689. The molecule has 21 heavy (non-hydrogen) atoms. The fourth-order valence-corrected chi connectivity index (χ4v) is 2.20. The molecule has 1 heterocycles. The van der Waals surface area contributed by atoms with Crippen LogP contribution in [0.3, 0.4) is 0 Å². The van der Waals surface area contributed by atoms with Gasteiger partial charge in [-0.25, -0.2) is 9.07 Å². The van der Waals surface area contributed by atoms with Gasteiger partial charge >= 0.3 is 0 Å². The molecule has 106 valence electrons. The molecule has 0 saturated carbocycles. The summed E-state index contributed by atoms with van der Waals surface area (Å²) in [6.45, 7) is 1.61. The van der Waals surface area contributed by atoms with Crippen molar-refractivity contribution >= 4 is 0 Å². The quantitative estimate of drug-likeness (QED) is 0.795. The first kappa shape index (κ1) is 13.5. The van der Waals surface area contributed by atoms with Gasteiger partial charge in [0.2, 0.25) is 0 Å². The molecule has 4 heteroatoms. The van der Waals surface area contributed by atoms with Gasteiger partial charge in [-0.1, -0.05) is 36.4 Å². The lowest BCUT2D eigenvalue weighted by atomic mass is 10.1. The van der Waals surface area contributed by atoms with Crippen molar-refractivity contribution in [1.29, 1.82) is 0 Å². The van der Waals surface area contributed by atoms with Crippen LogP contribution in [0.15, 0.2) is 60.9 Å². The maximum absolute atomic E-state index is 14.1. The van der Waals surface area contributed by atoms with E-state index in [1.165, 1.54) is 10.7 Å². The van der Waals surface area contributed by atoms with Gasteiger partial charge in [0.25, 0.3) is 0 Å². The zero-order valence-electron chi connectivity index (χ0n) is 11.6. The van der Waals surface area contributed by atoms with Crippen molar-refractivity contribution in [3.05, 3.63) is 72.3 Å². The number of rotatable bonds is 3. The highest BCUT2D eigenvalue weighted by atomic mass is 19.1. The van der Waals surface area contributed by atoms with Crippen molar-refractivity contribution in [2.45, 2.75) is 13.0 Å². The molecule has 0 amide bonds. The maximum Gasteiger partial charge on any atom is 0.149 e. The zero-order valence-corrected chi connectivity index (χ0v) is 11.6. The van der Waals surface area contributed by atoms with Gasteiger partial charge in [-0.3, -0.25) is 0 Å². The Balaban J connectivity index is 1.97. The first-order valence-corrected chi connectivity index (χ1v) is 6.73. The van der Waals surface area contributed by atoms with Crippen molar-refractivity contribution in [3.8, 4) is 16.8 Å². The van der Waals surface area contributed by atoms with E-state index in [2.05, 4.69) is 5.10 Å². The van der Waals surface area contributed by atoms with E-state index >= 15 is 0 Å². The van der Waals surface area contributed by atoms with E-state index in [9.17, 15) is 9.50 Å². The van der Waals surface area contributed by atoms with Crippen LogP contribution in [0, 0.1) is 5.82 Å². The summed E-state index contributed by atoms with van der Waals surface area (Å²) in [7, 11) is 0. The fraction of sp³-hybridized carbons (Fsp3) is 0.118. The SMILES string of the molecule is C[C@@H](O)c1ccc(-n2cc(-c3ccccc3)cn2)c(F)c1. The molecule has 3 rings (SSSR count). The van der Waals surface area contributed by atoms with Crippen molar-refractivity contribution in [3.63, 3.8) is 0 Å². The Morgan fingerprint density at radius 3 is 2.52 bits per heavy atom. The highest BCUT2D eigenvalue weighted by molar-refractivity contribution is 5.62. The normalized spacial score (nSPS) is 12.3. The minimum Gasteiger partial charge on any atom is -0.389 e. The average molecular weight is 282 g/mol. The Labute approximate surface area is 122 Å². The van der Waals surface area contributed by atoms with Crippen LogP contribution >= 0.6 is 0 Å². The molecule has 1 N–H and O–H groups in total. The Kier molecular flexibility index (Phi) is 3.54. The van der Waals surface area contributed by atoms with E-state index in [0.717, 1.165) is 11.1 Å². The molecule has 1 atom stereocenters. The average Bonchev–Trinajstić information content (AvgIpc) is 2.97. The third-order valence-electron chi connectivity index (χ3n) is 3.39. The lowest BCUT2D eigenvalue weighted by molar-refractivity contribution is 0.199. The zero-order chi connectivity index (χ0) is 14.8. The van der Waals surface area contributed by atoms with E-state index in [1.54, 1.807) is 31.5 Å². The first-order valence-electron chi connectivity index (χ1n) is 6.73. The van der Waals surface area contributed by atoms with Gasteiger partial charge in [-0.05, 0) is 30.2 Å². The van der Waals surface area contributed by atoms with E-state index in [-0.39, 0.29) is 0 Å². The van der Waals surface area contributed by atoms with Crippen LogP contribution in [-0.2, 0) is 0 Å². The lowest BCUT2D eigenvalue weighted by Crippen LogP contribution is -2.00. The first-order chi connectivity index (χ1) is 10.1. The number of aliphatic hydroxyl groups is 1. The molecule has 0 unspecified atom stereocenters. The Bertz CT molecular complexity index is 750. The van der Waals surface area contributed by atoms with Crippen LogP contribution in [0.2, 0.25) is 0 Å². The molecule has 3 aromatic rings. The summed E-state index contributed by atoms with van der Waals surface area (Å²) in [5, 5.41) is 13.7. The molecular weight excluding hydrogens is 267 g/mol. The van der Waals surface area contributed by atoms with Crippen LogP contribution < -0.4 is 0 Å². The summed E-state index contributed by atoms with van der Waals surface area (Å²) in [5.74, 6) is -0.406.